The second-order valence-corrected chi connectivity index (χ2v) is 9.31. The molecule has 2 aliphatic heterocycles. The van der Waals surface area contributed by atoms with E-state index in [9.17, 15) is 9.59 Å². The number of carbonyl (C=O) groups excluding carboxylic acids is 2. The van der Waals surface area contributed by atoms with Crippen LogP contribution in [0.2, 0.25) is 0 Å². The van der Waals surface area contributed by atoms with E-state index in [-0.39, 0.29) is 24.2 Å². The Hall–Kier alpha value is -3.67. The maximum Gasteiger partial charge on any atom is 0.227 e. The van der Waals surface area contributed by atoms with Crippen LogP contribution in [-0.2, 0) is 29.1 Å². The highest BCUT2D eigenvalue weighted by molar-refractivity contribution is 6.00. The second-order valence-electron chi connectivity index (χ2n) is 9.31. The molecule has 3 heterocycles. The zero-order valence-electron chi connectivity index (χ0n) is 19.8. The highest BCUT2D eigenvalue weighted by atomic mass is 16.2. The first kappa shape index (κ1) is 22.1. The predicted octanol–water partition coefficient (Wildman–Crippen LogP) is 3.93. The van der Waals surface area contributed by atoms with E-state index in [4.69, 9.17) is 0 Å². The molecule has 0 saturated carbocycles. The number of hydrogen-bond acceptors (Lipinski definition) is 4. The summed E-state index contributed by atoms with van der Waals surface area (Å²) < 4.78 is 0. The van der Waals surface area contributed by atoms with Gasteiger partial charge in [0.05, 0.1) is 5.92 Å². The average molecular weight is 455 g/mol. The van der Waals surface area contributed by atoms with Crippen LogP contribution in [0.1, 0.15) is 34.2 Å². The van der Waals surface area contributed by atoms with Crippen LogP contribution in [0.4, 0.5) is 11.5 Å². The van der Waals surface area contributed by atoms with Gasteiger partial charge in [0, 0.05) is 44.5 Å². The van der Waals surface area contributed by atoms with Gasteiger partial charge in [0.25, 0.3) is 0 Å². The molecule has 2 aromatic carbocycles. The molecule has 5 rings (SSSR count). The van der Waals surface area contributed by atoms with Crippen LogP contribution >= 0.6 is 0 Å². The van der Waals surface area contributed by atoms with Gasteiger partial charge in [-0.15, -0.1) is 0 Å². The smallest absolute Gasteiger partial charge is 0.227 e. The Morgan fingerprint density at radius 2 is 1.88 bits per heavy atom. The van der Waals surface area contributed by atoms with E-state index in [1.165, 1.54) is 11.1 Å². The lowest BCUT2D eigenvalue weighted by Gasteiger charge is -2.29. The van der Waals surface area contributed by atoms with E-state index in [1.807, 2.05) is 50.4 Å². The Morgan fingerprint density at radius 1 is 1.06 bits per heavy atom. The van der Waals surface area contributed by atoms with Crippen molar-refractivity contribution in [1.82, 2.24) is 10.3 Å². The molecule has 1 aromatic heterocycles. The van der Waals surface area contributed by atoms with Crippen molar-refractivity contribution in [3.05, 3.63) is 88.6 Å². The van der Waals surface area contributed by atoms with Crippen LogP contribution in [0.5, 0.6) is 0 Å². The van der Waals surface area contributed by atoms with Gasteiger partial charge < -0.3 is 15.1 Å². The quantitative estimate of drug-likeness (QED) is 0.635. The molecule has 1 saturated heterocycles. The van der Waals surface area contributed by atoms with Gasteiger partial charge in [-0.2, -0.15) is 0 Å². The van der Waals surface area contributed by atoms with Crippen LogP contribution in [0.25, 0.3) is 0 Å². The van der Waals surface area contributed by atoms with Crippen molar-refractivity contribution in [2.45, 2.75) is 39.8 Å². The third kappa shape index (κ3) is 4.40. The number of rotatable bonds is 5. The third-order valence-corrected chi connectivity index (χ3v) is 7.09. The van der Waals surface area contributed by atoms with Crippen molar-refractivity contribution >= 4 is 23.3 Å². The van der Waals surface area contributed by atoms with Crippen molar-refractivity contribution in [2.24, 2.45) is 5.92 Å². The topological polar surface area (TPSA) is 65.5 Å². The summed E-state index contributed by atoms with van der Waals surface area (Å²) in [6, 6.07) is 18.5. The molecule has 1 atom stereocenters. The molecule has 0 aliphatic carbocycles. The minimum Gasteiger partial charge on any atom is -0.352 e. The maximum absolute atomic E-state index is 12.8. The van der Waals surface area contributed by atoms with Crippen molar-refractivity contribution in [1.29, 1.82) is 0 Å². The Labute approximate surface area is 200 Å². The minimum absolute atomic E-state index is 0.00275. The van der Waals surface area contributed by atoms with Crippen molar-refractivity contribution < 1.29 is 9.59 Å². The molecule has 174 valence electrons. The molecule has 1 N–H and O–H groups in total. The molecule has 3 aromatic rings. The highest BCUT2D eigenvalue weighted by Crippen LogP contribution is 2.29. The lowest BCUT2D eigenvalue weighted by atomic mass is 10.00. The molecule has 0 spiro atoms. The summed E-state index contributed by atoms with van der Waals surface area (Å²) in [5.41, 5.74) is 6.85. The third-order valence-electron chi connectivity index (χ3n) is 7.09. The fraction of sp³-hybridized carbons (Fsp3) is 0.321. The van der Waals surface area contributed by atoms with E-state index < -0.39 is 0 Å². The number of benzene rings is 2. The first-order valence-corrected chi connectivity index (χ1v) is 11.9. The van der Waals surface area contributed by atoms with E-state index in [0.29, 0.717) is 13.1 Å². The van der Waals surface area contributed by atoms with Gasteiger partial charge in [0.1, 0.15) is 5.82 Å². The molecule has 6 heteroatoms. The monoisotopic (exact) mass is 454 g/mol. The first-order chi connectivity index (χ1) is 16.5. The Morgan fingerprint density at radius 3 is 2.68 bits per heavy atom. The molecule has 6 nitrogen and oxygen atoms in total. The number of aromatic nitrogens is 1. The van der Waals surface area contributed by atoms with E-state index in [2.05, 4.69) is 39.5 Å². The summed E-state index contributed by atoms with van der Waals surface area (Å²) in [6.45, 7) is 6.70. The van der Waals surface area contributed by atoms with Gasteiger partial charge in [0.2, 0.25) is 11.8 Å². The SMILES string of the molecule is Cc1cccc(N2CC(C(=O)NCc3ccc(N4CCc5ccccc5C4)nc3)CC2=O)c1C. The van der Waals surface area contributed by atoms with Gasteiger partial charge in [-0.05, 0) is 60.2 Å². The Balaban J connectivity index is 1.17. The van der Waals surface area contributed by atoms with E-state index >= 15 is 0 Å². The van der Waals surface area contributed by atoms with Crippen molar-refractivity contribution in [3.8, 4) is 0 Å². The lowest BCUT2D eigenvalue weighted by Crippen LogP contribution is -2.33. The molecule has 0 radical (unpaired) electrons. The zero-order valence-corrected chi connectivity index (χ0v) is 19.8. The fourth-order valence-corrected chi connectivity index (χ4v) is 4.88. The lowest BCUT2D eigenvalue weighted by molar-refractivity contribution is -0.126. The van der Waals surface area contributed by atoms with Crippen LogP contribution in [0.15, 0.2) is 60.8 Å². The Kier molecular flexibility index (Phi) is 6.05. The summed E-state index contributed by atoms with van der Waals surface area (Å²) in [4.78, 5) is 34.1. The van der Waals surface area contributed by atoms with Crippen LogP contribution < -0.4 is 15.1 Å². The van der Waals surface area contributed by atoms with Gasteiger partial charge in [-0.25, -0.2) is 4.98 Å². The summed E-state index contributed by atoms with van der Waals surface area (Å²) in [6.07, 6.45) is 3.10. The number of hydrogen-bond donors (Lipinski definition) is 1. The minimum atomic E-state index is -0.340. The zero-order chi connectivity index (χ0) is 23.7. The van der Waals surface area contributed by atoms with E-state index in [0.717, 1.165) is 47.7 Å². The number of fused-ring (bicyclic) bond motifs is 1. The molecule has 0 bridgehead atoms. The molecular weight excluding hydrogens is 424 g/mol. The molecule has 2 amide bonds. The molecule has 34 heavy (non-hydrogen) atoms. The number of carbonyl (C=O) groups is 2. The summed E-state index contributed by atoms with van der Waals surface area (Å²) in [7, 11) is 0. The van der Waals surface area contributed by atoms with Crippen LogP contribution in [0.3, 0.4) is 0 Å². The maximum atomic E-state index is 12.8. The van der Waals surface area contributed by atoms with Crippen molar-refractivity contribution in [2.75, 3.05) is 22.9 Å². The highest BCUT2D eigenvalue weighted by Gasteiger charge is 2.35. The molecule has 1 unspecified atom stereocenters. The van der Waals surface area contributed by atoms with E-state index in [1.54, 1.807) is 4.90 Å². The largest absolute Gasteiger partial charge is 0.352 e. The Bertz CT molecular complexity index is 1220. The summed E-state index contributed by atoms with van der Waals surface area (Å²) in [5, 5.41) is 3.00. The number of anilines is 2. The average Bonchev–Trinajstić information content (AvgIpc) is 3.25. The second kappa shape index (κ2) is 9.29. The molecular formula is C28H30N4O2. The predicted molar refractivity (Wildman–Crippen MR) is 134 cm³/mol. The van der Waals surface area contributed by atoms with Gasteiger partial charge >= 0.3 is 0 Å². The number of nitrogens with one attached hydrogen (secondary N) is 1. The summed E-state index contributed by atoms with van der Waals surface area (Å²) in [5.74, 6) is 0.532. The normalized spacial score (nSPS) is 17.6. The molecule has 1 fully saturated rings. The standard InChI is InChI=1S/C28H30N4O2/c1-19-6-5-9-25(20(19)2)32-18-24(14-27(32)33)28(34)30-16-21-10-11-26(29-15-21)31-13-12-22-7-3-4-8-23(22)17-31/h3-11,15,24H,12-14,16-18H2,1-2H3,(H,30,34). The van der Waals surface area contributed by atoms with Crippen molar-refractivity contribution in [3.63, 3.8) is 0 Å². The molecule has 2 aliphatic rings. The number of amides is 2. The first-order valence-electron chi connectivity index (χ1n) is 11.9. The van der Waals surface area contributed by atoms with Gasteiger partial charge in [-0.1, -0.05) is 42.5 Å². The van der Waals surface area contributed by atoms with Crippen LogP contribution in [-0.4, -0.2) is 29.9 Å². The van der Waals surface area contributed by atoms with Crippen LogP contribution in [0, 0.1) is 19.8 Å². The fourth-order valence-electron chi connectivity index (χ4n) is 4.88. The number of aryl methyl sites for hydroxylation is 1. The number of pyridine rings is 1. The summed E-state index contributed by atoms with van der Waals surface area (Å²) >= 11 is 0. The number of nitrogens with zero attached hydrogens (tertiary/aromatic N) is 3. The van der Waals surface area contributed by atoms with Gasteiger partial charge in [-0.3, -0.25) is 9.59 Å². The van der Waals surface area contributed by atoms with Gasteiger partial charge in [0.15, 0.2) is 0 Å².